The molecule has 1 aliphatic rings. The first-order valence-corrected chi connectivity index (χ1v) is 8.54. The van der Waals surface area contributed by atoms with Gasteiger partial charge in [-0.15, -0.1) is 0 Å². The maximum atomic E-state index is 12.7. The highest BCUT2D eigenvalue weighted by atomic mass is 35.5. The SMILES string of the molecule is CCCCN(C1CC1)S(=O)(=O)c1cc(C#N)ccc1Cl. The van der Waals surface area contributed by atoms with Crippen molar-refractivity contribution in [3.63, 3.8) is 0 Å². The quantitative estimate of drug-likeness (QED) is 0.810. The van der Waals surface area contributed by atoms with Crippen LogP contribution in [0, 0.1) is 11.3 Å². The van der Waals surface area contributed by atoms with Gasteiger partial charge in [-0.2, -0.15) is 9.57 Å². The zero-order chi connectivity index (χ0) is 14.8. The second-order valence-electron chi connectivity index (χ2n) is 4.96. The largest absolute Gasteiger partial charge is 0.244 e. The average Bonchev–Trinajstić information content (AvgIpc) is 3.24. The predicted molar refractivity (Wildman–Crippen MR) is 78.0 cm³/mol. The number of hydrogen-bond acceptors (Lipinski definition) is 3. The summed E-state index contributed by atoms with van der Waals surface area (Å²) < 4.78 is 27.0. The molecular formula is C14H17ClN2O2S. The van der Waals surface area contributed by atoms with Crippen LogP contribution in [-0.2, 0) is 10.0 Å². The van der Waals surface area contributed by atoms with Gasteiger partial charge in [0.15, 0.2) is 0 Å². The normalized spacial score (nSPS) is 15.3. The molecule has 0 aliphatic heterocycles. The summed E-state index contributed by atoms with van der Waals surface area (Å²) in [4.78, 5) is 0.0428. The molecule has 0 aromatic heterocycles. The molecule has 0 amide bonds. The molecule has 2 rings (SSSR count). The summed E-state index contributed by atoms with van der Waals surface area (Å²) in [5.41, 5.74) is 0.305. The zero-order valence-corrected chi connectivity index (χ0v) is 12.9. The highest BCUT2D eigenvalue weighted by Gasteiger charge is 2.38. The van der Waals surface area contributed by atoms with E-state index >= 15 is 0 Å². The molecule has 1 aliphatic carbocycles. The fourth-order valence-electron chi connectivity index (χ4n) is 2.07. The third-order valence-electron chi connectivity index (χ3n) is 3.33. The van der Waals surface area contributed by atoms with Crippen LogP contribution in [-0.4, -0.2) is 25.3 Å². The van der Waals surface area contributed by atoms with Crippen LogP contribution in [0.4, 0.5) is 0 Å². The second kappa shape index (κ2) is 6.13. The number of nitriles is 1. The van der Waals surface area contributed by atoms with Crippen LogP contribution in [0.15, 0.2) is 23.1 Å². The minimum Gasteiger partial charge on any atom is -0.207 e. The molecule has 1 fully saturated rings. The third kappa shape index (κ3) is 3.14. The Bertz CT molecular complexity index is 633. The van der Waals surface area contributed by atoms with Crippen LogP contribution < -0.4 is 0 Å². The van der Waals surface area contributed by atoms with E-state index in [2.05, 4.69) is 0 Å². The number of rotatable bonds is 6. The maximum Gasteiger partial charge on any atom is 0.244 e. The molecule has 108 valence electrons. The summed E-state index contributed by atoms with van der Waals surface area (Å²) in [6.07, 6.45) is 3.56. The Morgan fingerprint density at radius 2 is 2.15 bits per heavy atom. The monoisotopic (exact) mass is 312 g/mol. The standard InChI is InChI=1S/C14H17ClN2O2S/c1-2-3-8-17(12-5-6-12)20(18,19)14-9-11(10-16)4-7-13(14)15/h4,7,9,12H,2-3,5-6,8H2,1H3. The van der Waals surface area contributed by atoms with Crippen LogP contribution in [0.3, 0.4) is 0 Å². The van der Waals surface area contributed by atoms with Gasteiger partial charge < -0.3 is 0 Å². The van der Waals surface area contributed by atoms with Gasteiger partial charge in [-0.05, 0) is 37.5 Å². The summed E-state index contributed by atoms with van der Waals surface area (Å²) in [6, 6.07) is 6.40. The van der Waals surface area contributed by atoms with Crippen molar-refractivity contribution in [2.24, 2.45) is 0 Å². The minimum absolute atomic E-state index is 0.0428. The van der Waals surface area contributed by atoms with Gasteiger partial charge in [-0.25, -0.2) is 8.42 Å². The van der Waals surface area contributed by atoms with Crippen molar-refractivity contribution in [2.45, 2.75) is 43.5 Å². The van der Waals surface area contributed by atoms with Crippen molar-refractivity contribution in [2.75, 3.05) is 6.54 Å². The van der Waals surface area contributed by atoms with E-state index in [1.807, 2.05) is 13.0 Å². The molecule has 6 heteroatoms. The van der Waals surface area contributed by atoms with E-state index in [4.69, 9.17) is 16.9 Å². The Balaban J connectivity index is 2.39. The first-order chi connectivity index (χ1) is 9.50. The summed E-state index contributed by atoms with van der Waals surface area (Å²) >= 11 is 6.03. The summed E-state index contributed by atoms with van der Waals surface area (Å²) in [5, 5.41) is 9.09. The zero-order valence-electron chi connectivity index (χ0n) is 11.3. The lowest BCUT2D eigenvalue weighted by molar-refractivity contribution is 0.396. The van der Waals surface area contributed by atoms with E-state index < -0.39 is 10.0 Å². The Kier molecular flexibility index (Phi) is 4.69. The smallest absolute Gasteiger partial charge is 0.207 e. The molecule has 1 saturated carbocycles. The van der Waals surface area contributed by atoms with Crippen molar-refractivity contribution >= 4 is 21.6 Å². The molecule has 1 aromatic rings. The van der Waals surface area contributed by atoms with Crippen LogP contribution in [0.1, 0.15) is 38.2 Å². The van der Waals surface area contributed by atoms with Gasteiger partial charge in [0.1, 0.15) is 4.90 Å². The highest BCUT2D eigenvalue weighted by molar-refractivity contribution is 7.89. The molecule has 0 unspecified atom stereocenters. The second-order valence-corrected chi connectivity index (χ2v) is 7.22. The number of nitrogens with zero attached hydrogens (tertiary/aromatic N) is 2. The van der Waals surface area contributed by atoms with Crippen LogP contribution >= 0.6 is 11.6 Å². The van der Waals surface area contributed by atoms with Crippen molar-refractivity contribution < 1.29 is 8.42 Å². The van der Waals surface area contributed by atoms with Gasteiger partial charge in [-0.3, -0.25) is 0 Å². The molecule has 0 N–H and O–H groups in total. The lowest BCUT2D eigenvalue weighted by atomic mass is 10.2. The molecule has 0 heterocycles. The number of halogens is 1. The number of sulfonamides is 1. The van der Waals surface area contributed by atoms with Gasteiger partial charge in [-0.1, -0.05) is 24.9 Å². The molecular weight excluding hydrogens is 296 g/mol. The lowest BCUT2D eigenvalue weighted by Crippen LogP contribution is -2.34. The summed E-state index contributed by atoms with van der Waals surface area (Å²) in [6.45, 7) is 2.54. The average molecular weight is 313 g/mol. The van der Waals surface area contributed by atoms with Crippen LogP contribution in [0.2, 0.25) is 5.02 Å². The van der Waals surface area contributed by atoms with Crippen molar-refractivity contribution in [1.29, 1.82) is 5.26 Å². The molecule has 0 bridgehead atoms. The third-order valence-corrected chi connectivity index (χ3v) is 5.77. The lowest BCUT2D eigenvalue weighted by Gasteiger charge is -2.22. The molecule has 20 heavy (non-hydrogen) atoms. The van der Waals surface area contributed by atoms with Gasteiger partial charge in [0.2, 0.25) is 10.0 Å². The van der Waals surface area contributed by atoms with E-state index in [-0.39, 0.29) is 16.0 Å². The molecule has 0 saturated heterocycles. The predicted octanol–water partition coefficient (Wildman–Crippen LogP) is 3.16. The molecule has 0 radical (unpaired) electrons. The molecule has 4 nitrogen and oxygen atoms in total. The fourth-order valence-corrected chi connectivity index (χ4v) is 4.30. The fraction of sp³-hybridized carbons (Fsp3) is 0.500. The molecule has 0 spiro atoms. The van der Waals surface area contributed by atoms with E-state index in [1.54, 1.807) is 4.31 Å². The summed E-state index contributed by atoms with van der Waals surface area (Å²) in [7, 11) is -3.62. The maximum absolute atomic E-state index is 12.7. The van der Waals surface area contributed by atoms with Crippen molar-refractivity contribution in [1.82, 2.24) is 4.31 Å². The highest BCUT2D eigenvalue weighted by Crippen LogP contribution is 2.34. The Hall–Kier alpha value is -1.09. The van der Waals surface area contributed by atoms with Crippen molar-refractivity contribution in [3.8, 4) is 6.07 Å². The number of benzene rings is 1. The van der Waals surface area contributed by atoms with E-state index in [0.29, 0.717) is 12.1 Å². The van der Waals surface area contributed by atoms with E-state index in [0.717, 1.165) is 25.7 Å². The molecule has 1 aromatic carbocycles. The first kappa shape index (κ1) is 15.3. The van der Waals surface area contributed by atoms with E-state index in [1.165, 1.54) is 18.2 Å². The van der Waals surface area contributed by atoms with Crippen LogP contribution in [0.5, 0.6) is 0 Å². The van der Waals surface area contributed by atoms with Gasteiger partial charge in [0.25, 0.3) is 0 Å². The number of hydrogen-bond donors (Lipinski definition) is 0. The van der Waals surface area contributed by atoms with Gasteiger partial charge >= 0.3 is 0 Å². The summed E-state index contributed by atoms with van der Waals surface area (Å²) in [5.74, 6) is 0. The van der Waals surface area contributed by atoms with Gasteiger partial charge in [0.05, 0.1) is 16.7 Å². The number of unbranched alkanes of at least 4 members (excludes halogenated alkanes) is 1. The van der Waals surface area contributed by atoms with Gasteiger partial charge in [0, 0.05) is 12.6 Å². The minimum atomic E-state index is -3.62. The van der Waals surface area contributed by atoms with Crippen LogP contribution in [0.25, 0.3) is 0 Å². The van der Waals surface area contributed by atoms with Crippen molar-refractivity contribution in [3.05, 3.63) is 28.8 Å². The Labute approximate surface area is 125 Å². The van der Waals surface area contributed by atoms with E-state index in [9.17, 15) is 8.42 Å². The topological polar surface area (TPSA) is 61.2 Å². The molecule has 0 atom stereocenters. The Morgan fingerprint density at radius 3 is 2.70 bits per heavy atom. The first-order valence-electron chi connectivity index (χ1n) is 6.72. The Morgan fingerprint density at radius 1 is 1.45 bits per heavy atom.